The number of urea groups is 1. The Morgan fingerprint density at radius 3 is 2.48 bits per heavy atom. The zero-order valence-corrected chi connectivity index (χ0v) is 17.2. The number of piperidine rings is 1. The number of nitrogens with one attached hydrogen (secondary N) is 2. The van der Waals surface area contributed by atoms with Crippen molar-refractivity contribution in [2.45, 2.75) is 30.2 Å². The van der Waals surface area contributed by atoms with E-state index in [0.29, 0.717) is 12.2 Å². The zero-order chi connectivity index (χ0) is 19.3. The molecule has 0 spiro atoms. The van der Waals surface area contributed by atoms with E-state index in [2.05, 4.69) is 26.6 Å². The molecule has 0 radical (unpaired) electrons. The second-order valence-electron chi connectivity index (χ2n) is 6.42. The Balaban J connectivity index is 1.66. The summed E-state index contributed by atoms with van der Waals surface area (Å²) in [5, 5.41) is 5.55. The van der Waals surface area contributed by atoms with E-state index in [9.17, 15) is 13.2 Å². The van der Waals surface area contributed by atoms with Crippen molar-refractivity contribution in [3.63, 3.8) is 0 Å². The second kappa shape index (κ2) is 8.86. The highest BCUT2D eigenvalue weighted by Gasteiger charge is 2.33. The Morgan fingerprint density at radius 2 is 1.78 bits per heavy atom. The first-order valence-corrected chi connectivity index (χ1v) is 11.1. The molecule has 0 saturated carbocycles. The molecule has 1 fully saturated rings. The van der Waals surface area contributed by atoms with Gasteiger partial charge in [-0.25, -0.2) is 13.2 Å². The molecule has 1 saturated heterocycles. The molecule has 1 atom stereocenters. The van der Waals surface area contributed by atoms with Crippen LogP contribution in [0.1, 0.15) is 19.3 Å². The van der Waals surface area contributed by atoms with Crippen LogP contribution >= 0.6 is 15.9 Å². The van der Waals surface area contributed by atoms with Crippen molar-refractivity contribution < 1.29 is 13.2 Å². The van der Waals surface area contributed by atoms with E-state index in [1.54, 1.807) is 36.4 Å². The van der Waals surface area contributed by atoms with Crippen LogP contribution in [0.15, 0.2) is 64.0 Å². The minimum atomic E-state index is -3.59. The summed E-state index contributed by atoms with van der Waals surface area (Å²) >= 11 is 3.33. The van der Waals surface area contributed by atoms with E-state index in [4.69, 9.17) is 0 Å². The summed E-state index contributed by atoms with van der Waals surface area (Å²) in [6, 6.07) is 15.2. The van der Waals surface area contributed by atoms with Crippen LogP contribution in [0.25, 0.3) is 0 Å². The van der Waals surface area contributed by atoms with Gasteiger partial charge in [-0.05, 0) is 49.2 Å². The molecule has 1 aliphatic heterocycles. The summed E-state index contributed by atoms with van der Waals surface area (Å²) in [5.74, 6) is 0. The molecule has 2 amide bonds. The van der Waals surface area contributed by atoms with Gasteiger partial charge in [-0.15, -0.1) is 0 Å². The number of carbonyl (C=O) groups is 1. The third-order valence-corrected chi connectivity index (χ3v) is 7.02. The average molecular weight is 452 g/mol. The van der Waals surface area contributed by atoms with Gasteiger partial charge in [0, 0.05) is 29.3 Å². The lowest BCUT2D eigenvalue weighted by Gasteiger charge is -2.34. The van der Waals surface area contributed by atoms with Crippen molar-refractivity contribution in [3.05, 3.63) is 59.1 Å². The molecule has 1 unspecified atom stereocenters. The molecule has 2 aromatic rings. The zero-order valence-electron chi connectivity index (χ0n) is 14.8. The number of halogens is 1. The van der Waals surface area contributed by atoms with Crippen molar-refractivity contribution in [2.24, 2.45) is 0 Å². The predicted molar refractivity (Wildman–Crippen MR) is 109 cm³/mol. The maximum atomic E-state index is 13.0. The van der Waals surface area contributed by atoms with E-state index in [0.717, 1.165) is 23.7 Å². The maximum absolute atomic E-state index is 13.0. The van der Waals surface area contributed by atoms with Gasteiger partial charge in [0.1, 0.15) is 0 Å². The molecule has 8 heteroatoms. The van der Waals surface area contributed by atoms with Crippen LogP contribution in [0.2, 0.25) is 0 Å². The minimum absolute atomic E-state index is 0.256. The van der Waals surface area contributed by atoms with E-state index in [1.165, 1.54) is 4.31 Å². The summed E-state index contributed by atoms with van der Waals surface area (Å²) in [5.41, 5.74) is 0.693. The summed E-state index contributed by atoms with van der Waals surface area (Å²) in [6.07, 6.45) is 2.49. The fraction of sp³-hybridized carbons (Fsp3) is 0.316. The highest BCUT2D eigenvalue weighted by molar-refractivity contribution is 9.10. The Hall–Kier alpha value is -1.90. The largest absolute Gasteiger partial charge is 0.336 e. The Morgan fingerprint density at radius 1 is 1.07 bits per heavy atom. The molecular weight excluding hydrogens is 430 g/mol. The van der Waals surface area contributed by atoms with Crippen LogP contribution in [-0.4, -0.2) is 37.9 Å². The maximum Gasteiger partial charge on any atom is 0.319 e. The SMILES string of the molecule is O=C(NCC1CCCCN1S(=O)(=O)c1ccc(Br)cc1)Nc1ccccc1. The summed E-state index contributed by atoms with van der Waals surface area (Å²) < 4.78 is 28.4. The van der Waals surface area contributed by atoms with Crippen molar-refractivity contribution in [1.82, 2.24) is 9.62 Å². The second-order valence-corrected chi connectivity index (χ2v) is 9.23. The number of nitrogens with zero attached hydrogens (tertiary/aromatic N) is 1. The Kier molecular flexibility index (Phi) is 6.51. The molecule has 0 aliphatic carbocycles. The lowest BCUT2D eigenvalue weighted by molar-refractivity contribution is 0.231. The number of para-hydroxylation sites is 1. The first-order chi connectivity index (χ1) is 13.0. The van der Waals surface area contributed by atoms with Gasteiger partial charge in [0.25, 0.3) is 0 Å². The molecule has 0 bridgehead atoms. The molecule has 2 aromatic carbocycles. The molecule has 1 heterocycles. The van der Waals surface area contributed by atoms with Gasteiger partial charge in [-0.1, -0.05) is 40.5 Å². The van der Waals surface area contributed by atoms with Crippen LogP contribution in [0, 0.1) is 0 Å². The standard InChI is InChI=1S/C19H22BrN3O3S/c20-15-9-11-18(12-10-15)27(25,26)23-13-5-4-8-17(23)14-21-19(24)22-16-6-2-1-3-7-16/h1-3,6-7,9-12,17H,4-5,8,13-14H2,(H2,21,22,24). The lowest BCUT2D eigenvalue weighted by atomic mass is 10.1. The number of carbonyl (C=O) groups excluding carboxylic acids is 1. The van der Waals surface area contributed by atoms with Gasteiger partial charge >= 0.3 is 6.03 Å². The van der Waals surface area contributed by atoms with Gasteiger partial charge in [0.2, 0.25) is 10.0 Å². The van der Waals surface area contributed by atoms with Gasteiger partial charge < -0.3 is 10.6 Å². The molecular formula is C19H22BrN3O3S. The average Bonchev–Trinajstić information content (AvgIpc) is 2.68. The van der Waals surface area contributed by atoms with E-state index in [-0.39, 0.29) is 23.5 Å². The Labute approximate surface area is 168 Å². The predicted octanol–water partition coefficient (Wildman–Crippen LogP) is 3.81. The summed E-state index contributed by atoms with van der Waals surface area (Å²) in [7, 11) is -3.59. The number of amides is 2. The van der Waals surface area contributed by atoms with E-state index in [1.807, 2.05) is 18.2 Å². The first kappa shape index (κ1) is 19.9. The van der Waals surface area contributed by atoms with Crippen LogP contribution in [0.5, 0.6) is 0 Å². The molecule has 2 N–H and O–H groups in total. The minimum Gasteiger partial charge on any atom is -0.336 e. The van der Waals surface area contributed by atoms with Crippen LogP contribution in [-0.2, 0) is 10.0 Å². The topological polar surface area (TPSA) is 78.5 Å². The van der Waals surface area contributed by atoms with E-state index < -0.39 is 10.0 Å². The smallest absolute Gasteiger partial charge is 0.319 e. The normalized spacial score (nSPS) is 18.0. The number of anilines is 1. The third-order valence-electron chi connectivity index (χ3n) is 4.52. The van der Waals surface area contributed by atoms with Gasteiger partial charge in [0.15, 0.2) is 0 Å². The van der Waals surface area contributed by atoms with Crippen LogP contribution in [0.3, 0.4) is 0 Å². The fourth-order valence-corrected chi connectivity index (χ4v) is 5.10. The fourth-order valence-electron chi connectivity index (χ4n) is 3.14. The van der Waals surface area contributed by atoms with E-state index >= 15 is 0 Å². The molecule has 1 aliphatic rings. The third kappa shape index (κ3) is 5.09. The summed E-state index contributed by atoms with van der Waals surface area (Å²) in [6.45, 7) is 0.736. The lowest BCUT2D eigenvalue weighted by Crippen LogP contribution is -2.49. The van der Waals surface area contributed by atoms with Gasteiger partial charge in [-0.3, -0.25) is 0 Å². The molecule has 0 aromatic heterocycles. The summed E-state index contributed by atoms with van der Waals surface area (Å²) in [4.78, 5) is 12.4. The van der Waals surface area contributed by atoms with Crippen molar-refractivity contribution >= 4 is 37.7 Å². The van der Waals surface area contributed by atoms with Gasteiger partial charge in [0.05, 0.1) is 4.90 Å². The molecule has 3 rings (SSSR count). The highest BCUT2D eigenvalue weighted by atomic mass is 79.9. The number of hydrogen-bond acceptors (Lipinski definition) is 3. The van der Waals surface area contributed by atoms with Crippen molar-refractivity contribution in [2.75, 3.05) is 18.4 Å². The number of sulfonamides is 1. The van der Waals surface area contributed by atoms with Crippen molar-refractivity contribution in [3.8, 4) is 0 Å². The monoisotopic (exact) mass is 451 g/mol. The highest BCUT2D eigenvalue weighted by Crippen LogP contribution is 2.26. The van der Waals surface area contributed by atoms with Crippen molar-refractivity contribution in [1.29, 1.82) is 0 Å². The number of rotatable bonds is 5. The van der Waals surface area contributed by atoms with Crippen LogP contribution in [0.4, 0.5) is 10.5 Å². The quantitative estimate of drug-likeness (QED) is 0.724. The molecule has 144 valence electrons. The number of benzene rings is 2. The first-order valence-electron chi connectivity index (χ1n) is 8.84. The Bertz CT molecular complexity index is 873. The number of hydrogen-bond donors (Lipinski definition) is 2. The molecule has 6 nitrogen and oxygen atoms in total. The van der Waals surface area contributed by atoms with Crippen LogP contribution < -0.4 is 10.6 Å². The molecule has 27 heavy (non-hydrogen) atoms. The van der Waals surface area contributed by atoms with Gasteiger partial charge in [-0.2, -0.15) is 4.31 Å².